The van der Waals surface area contributed by atoms with Crippen molar-refractivity contribution in [1.82, 2.24) is 19.9 Å². The first-order chi connectivity index (χ1) is 23.8. The van der Waals surface area contributed by atoms with Crippen molar-refractivity contribution in [2.75, 3.05) is 0 Å². The first-order valence-electron chi connectivity index (χ1n) is 15.2. The van der Waals surface area contributed by atoms with Crippen LogP contribution in [0.15, 0.2) is 130 Å². The highest BCUT2D eigenvalue weighted by molar-refractivity contribution is 7.91. The van der Waals surface area contributed by atoms with Gasteiger partial charge in [-0.1, -0.05) is 59.7 Å². The third-order valence-electron chi connectivity index (χ3n) is 8.09. The second-order valence-electron chi connectivity index (χ2n) is 11.4. The van der Waals surface area contributed by atoms with Gasteiger partial charge in [0.25, 0.3) is 0 Å². The molecule has 8 rings (SSSR count). The first-order valence-corrected chi connectivity index (χ1v) is 18.5. The Hall–Kier alpha value is -5.49. The highest BCUT2D eigenvalue weighted by Gasteiger charge is 2.20. The standard InChI is InChI=1S/C38H26N4O4S3/c1-23-3-7-25(8-4-23)31-19-47-37-33(31)35(39-21-41-37)45-27-11-15-29(16-12-27)49(43,44)30-17-13-28(14-18-30)46-36-34-32(20-48-38(34)42-22-40-36)26-9-5-24(2)6-10-26/h3-22H,1-2H3. The molecule has 49 heavy (non-hydrogen) atoms. The molecule has 0 unspecified atom stereocenters. The van der Waals surface area contributed by atoms with Crippen LogP contribution in [-0.4, -0.2) is 28.4 Å². The zero-order valence-electron chi connectivity index (χ0n) is 26.2. The summed E-state index contributed by atoms with van der Waals surface area (Å²) in [4.78, 5) is 19.5. The van der Waals surface area contributed by atoms with Gasteiger partial charge in [0.05, 0.1) is 20.6 Å². The summed E-state index contributed by atoms with van der Waals surface area (Å²) in [6.07, 6.45) is 2.94. The van der Waals surface area contributed by atoms with E-state index in [4.69, 9.17) is 9.47 Å². The largest absolute Gasteiger partial charge is 0.438 e. The summed E-state index contributed by atoms with van der Waals surface area (Å²) >= 11 is 3.04. The lowest BCUT2D eigenvalue weighted by Crippen LogP contribution is -2.02. The van der Waals surface area contributed by atoms with Gasteiger partial charge in [-0.05, 0) is 73.5 Å². The molecule has 4 aromatic heterocycles. The number of aromatic nitrogens is 4. The van der Waals surface area contributed by atoms with E-state index >= 15 is 0 Å². The Balaban J connectivity index is 1.02. The fourth-order valence-corrected chi connectivity index (χ4v) is 8.55. The molecule has 4 heterocycles. The Morgan fingerprint density at radius 3 is 1.29 bits per heavy atom. The maximum atomic E-state index is 13.6. The Labute approximate surface area is 290 Å². The van der Waals surface area contributed by atoms with Crippen LogP contribution in [0.25, 0.3) is 42.7 Å². The van der Waals surface area contributed by atoms with E-state index in [1.54, 1.807) is 24.3 Å². The average Bonchev–Trinajstić information content (AvgIpc) is 3.76. The van der Waals surface area contributed by atoms with Crippen molar-refractivity contribution in [3.8, 4) is 45.5 Å². The lowest BCUT2D eigenvalue weighted by atomic mass is 10.0. The minimum absolute atomic E-state index is 0.135. The van der Waals surface area contributed by atoms with Crippen molar-refractivity contribution in [3.05, 3.63) is 132 Å². The van der Waals surface area contributed by atoms with E-state index < -0.39 is 9.84 Å². The molecule has 0 aliphatic carbocycles. The van der Waals surface area contributed by atoms with Crippen molar-refractivity contribution in [2.45, 2.75) is 23.6 Å². The van der Waals surface area contributed by atoms with E-state index in [1.165, 1.54) is 70.7 Å². The van der Waals surface area contributed by atoms with Crippen LogP contribution in [0.2, 0.25) is 0 Å². The molecular formula is C38H26N4O4S3. The molecule has 0 aliphatic rings. The molecular weight excluding hydrogens is 673 g/mol. The maximum Gasteiger partial charge on any atom is 0.231 e. The van der Waals surface area contributed by atoms with Gasteiger partial charge in [-0.2, -0.15) is 0 Å². The van der Waals surface area contributed by atoms with Crippen LogP contribution in [0, 0.1) is 13.8 Å². The van der Waals surface area contributed by atoms with Crippen LogP contribution < -0.4 is 9.47 Å². The normalized spacial score (nSPS) is 11.6. The minimum Gasteiger partial charge on any atom is -0.438 e. The molecule has 8 aromatic rings. The second kappa shape index (κ2) is 12.5. The van der Waals surface area contributed by atoms with E-state index in [0.717, 1.165) is 42.7 Å². The number of ether oxygens (including phenoxy) is 2. The van der Waals surface area contributed by atoms with Gasteiger partial charge in [0.1, 0.15) is 33.8 Å². The molecule has 0 spiro atoms. The Kier molecular flexibility index (Phi) is 7.87. The van der Waals surface area contributed by atoms with Crippen molar-refractivity contribution in [1.29, 1.82) is 0 Å². The summed E-state index contributed by atoms with van der Waals surface area (Å²) in [6, 6.07) is 29.1. The van der Waals surface area contributed by atoms with Gasteiger partial charge >= 0.3 is 0 Å². The number of benzene rings is 4. The maximum absolute atomic E-state index is 13.6. The third-order valence-corrected chi connectivity index (χ3v) is 11.7. The zero-order chi connectivity index (χ0) is 33.5. The van der Waals surface area contributed by atoms with Crippen molar-refractivity contribution in [2.24, 2.45) is 0 Å². The van der Waals surface area contributed by atoms with Crippen LogP contribution in [-0.2, 0) is 9.84 Å². The molecule has 0 bridgehead atoms. The molecule has 0 saturated carbocycles. The number of aryl methyl sites for hydroxylation is 2. The lowest BCUT2D eigenvalue weighted by molar-refractivity contribution is 0.468. The number of sulfone groups is 1. The Morgan fingerprint density at radius 2 is 0.898 bits per heavy atom. The smallest absolute Gasteiger partial charge is 0.231 e. The minimum atomic E-state index is -3.82. The van der Waals surface area contributed by atoms with E-state index in [0.29, 0.717) is 23.3 Å². The predicted molar refractivity (Wildman–Crippen MR) is 194 cm³/mol. The van der Waals surface area contributed by atoms with Crippen LogP contribution in [0.4, 0.5) is 0 Å². The predicted octanol–water partition coefficient (Wildman–Crippen LogP) is 10.1. The summed E-state index contributed by atoms with van der Waals surface area (Å²) < 4.78 is 39.5. The van der Waals surface area contributed by atoms with Gasteiger partial charge < -0.3 is 9.47 Å². The van der Waals surface area contributed by atoms with E-state index in [1.807, 2.05) is 24.6 Å². The Bertz CT molecular complexity index is 2390. The first kappa shape index (κ1) is 30.8. The van der Waals surface area contributed by atoms with E-state index in [9.17, 15) is 8.42 Å². The average molecular weight is 699 g/mol. The van der Waals surface area contributed by atoms with Gasteiger partial charge in [0.15, 0.2) is 0 Å². The van der Waals surface area contributed by atoms with Crippen LogP contribution in [0.3, 0.4) is 0 Å². The highest BCUT2D eigenvalue weighted by atomic mass is 32.2. The Morgan fingerprint density at radius 1 is 0.510 bits per heavy atom. The fourth-order valence-electron chi connectivity index (χ4n) is 5.47. The molecule has 0 saturated heterocycles. The summed E-state index contributed by atoms with van der Waals surface area (Å²) in [7, 11) is -3.82. The summed E-state index contributed by atoms with van der Waals surface area (Å²) in [6.45, 7) is 4.10. The molecule has 8 nitrogen and oxygen atoms in total. The topological polar surface area (TPSA) is 104 Å². The number of hydrogen-bond donors (Lipinski definition) is 0. The zero-order valence-corrected chi connectivity index (χ0v) is 28.6. The van der Waals surface area contributed by atoms with Gasteiger partial charge in [0.2, 0.25) is 21.6 Å². The van der Waals surface area contributed by atoms with E-state index in [2.05, 4.69) is 68.5 Å². The molecule has 0 radical (unpaired) electrons. The van der Waals surface area contributed by atoms with Crippen molar-refractivity contribution < 1.29 is 17.9 Å². The molecule has 11 heteroatoms. The molecule has 0 N–H and O–H groups in total. The number of fused-ring (bicyclic) bond motifs is 2. The van der Waals surface area contributed by atoms with Gasteiger partial charge in [0, 0.05) is 21.9 Å². The SMILES string of the molecule is Cc1ccc(-c2csc3ncnc(Oc4ccc(S(=O)(=O)c5ccc(Oc6ncnc7scc(-c8ccc(C)cc8)c67)cc5)cc4)c23)cc1. The molecule has 4 aromatic carbocycles. The molecule has 240 valence electrons. The number of nitrogens with zero attached hydrogens (tertiary/aromatic N) is 4. The van der Waals surface area contributed by atoms with Gasteiger partial charge in [-0.25, -0.2) is 28.4 Å². The highest BCUT2D eigenvalue weighted by Crippen LogP contribution is 2.41. The van der Waals surface area contributed by atoms with Crippen LogP contribution in [0.1, 0.15) is 11.1 Å². The monoisotopic (exact) mass is 698 g/mol. The fraction of sp³-hybridized carbons (Fsp3) is 0.0526. The van der Waals surface area contributed by atoms with Gasteiger partial charge in [-0.3, -0.25) is 0 Å². The lowest BCUT2D eigenvalue weighted by Gasteiger charge is -2.10. The quantitative estimate of drug-likeness (QED) is 0.154. The molecule has 0 aliphatic heterocycles. The van der Waals surface area contributed by atoms with Crippen molar-refractivity contribution >= 4 is 52.9 Å². The summed E-state index contributed by atoms with van der Waals surface area (Å²) in [5.74, 6) is 1.72. The third kappa shape index (κ3) is 5.92. The molecule has 0 atom stereocenters. The molecule has 0 fully saturated rings. The summed E-state index contributed by atoms with van der Waals surface area (Å²) in [5.41, 5.74) is 6.38. The van der Waals surface area contributed by atoms with Crippen molar-refractivity contribution in [3.63, 3.8) is 0 Å². The second-order valence-corrected chi connectivity index (χ2v) is 15.1. The number of hydrogen-bond acceptors (Lipinski definition) is 10. The number of rotatable bonds is 8. The van der Waals surface area contributed by atoms with E-state index in [-0.39, 0.29) is 9.79 Å². The van der Waals surface area contributed by atoms with Gasteiger partial charge in [-0.15, -0.1) is 22.7 Å². The molecule has 0 amide bonds. The number of thiophene rings is 2. The summed E-state index contributed by atoms with van der Waals surface area (Å²) in [5, 5.41) is 5.70. The van der Waals surface area contributed by atoms with Crippen LogP contribution >= 0.6 is 22.7 Å². The van der Waals surface area contributed by atoms with Crippen LogP contribution in [0.5, 0.6) is 23.3 Å².